The van der Waals surface area contributed by atoms with Crippen LogP contribution in [-0.4, -0.2) is 41.6 Å². The lowest BCUT2D eigenvalue weighted by Crippen LogP contribution is -2.29. The Morgan fingerprint density at radius 3 is 2.44 bits per heavy atom. The number of fused-ring (bicyclic) bond motifs is 1. The molecule has 0 saturated heterocycles. The molecule has 2 aromatic rings. The number of benzene rings is 2. The highest BCUT2D eigenvalue weighted by Gasteiger charge is 2.34. The molecule has 2 aromatic carbocycles. The number of nitrogens with two attached hydrogens (primary N) is 1. The van der Waals surface area contributed by atoms with Gasteiger partial charge in [-0.05, 0) is 48.4 Å². The second-order valence-electron chi connectivity index (χ2n) is 5.83. The number of primary sulfonamides is 1. The van der Waals surface area contributed by atoms with E-state index in [1.165, 1.54) is 37.4 Å². The van der Waals surface area contributed by atoms with E-state index in [-0.39, 0.29) is 27.6 Å². The van der Waals surface area contributed by atoms with Crippen molar-refractivity contribution in [3.8, 4) is 5.75 Å². The minimum absolute atomic E-state index is 0.00889. The molecule has 3 N–H and O–H groups in total. The molecule has 144 valence electrons. The number of carboxylic acid groups (broad SMARTS) is 1. The molecule has 0 aromatic heterocycles. The van der Waals surface area contributed by atoms with Gasteiger partial charge in [-0.25, -0.2) is 26.8 Å². The summed E-state index contributed by atoms with van der Waals surface area (Å²) in [6, 6.07) is 7.49. The van der Waals surface area contributed by atoms with E-state index in [9.17, 15) is 21.6 Å². The van der Waals surface area contributed by atoms with Crippen LogP contribution in [0.3, 0.4) is 0 Å². The maximum Gasteiger partial charge on any atom is 0.335 e. The smallest absolute Gasteiger partial charge is 0.335 e. The molecule has 0 aliphatic carbocycles. The van der Waals surface area contributed by atoms with Crippen LogP contribution in [0.4, 0.5) is 5.69 Å². The molecule has 0 atom stereocenters. The van der Waals surface area contributed by atoms with E-state index in [1.54, 1.807) is 0 Å². The van der Waals surface area contributed by atoms with Crippen LogP contribution < -0.4 is 14.2 Å². The number of sulfonamides is 2. The lowest BCUT2D eigenvalue weighted by atomic mass is 10.2. The first-order chi connectivity index (χ1) is 12.6. The monoisotopic (exact) mass is 412 g/mol. The Morgan fingerprint density at radius 1 is 1.15 bits per heavy atom. The summed E-state index contributed by atoms with van der Waals surface area (Å²) in [6.07, 6.45) is 0.291. The van der Waals surface area contributed by atoms with Gasteiger partial charge in [0.25, 0.3) is 10.0 Å². The zero-order chi connectivity index (χ0) is 20.0. The predicted octanol–water partition coefficient (Wildman–Crippen LogP) is 0.792. The van der Waals surface area contributed by atoms with Gasteiger partial charge in [0.1, 0.15) is 10.6 Å². The van der Waals surface area contributed by atoms with Crippen LogP contribution in [0.2, 0.25) is 0 Å². The molecule has 27 heavy (non-hydrogen) atoms. The number of ether oxygens (including phenoxy) is 1. The highest BCUT2D eigenvalue weighted by Crippen LogP contribution is 2.37. The van der Waals surface area contributed by atoms with Crippen LogP contribution in [-0.2, 0) is 26.5 Å². The summed E-state index contributed by atoms with van der Waals surface area (Å²) in [5, 5.41) is 14.3. The van der Waals surface area contributed by atoms with Gasteiger partial charge in [-0.1, -0.05) is 0 Å². The van der Waals surface area contributed by atoms with Crippen LogP contribution >= 0.6 is 0 Å². The zero-order valence-electron chi connectivity index (χ0n) is 14.1. The van der Waals surface area contributed by atoms with E-state index >= 15 is 0 Å². The highest BCUT2D eigenvalue weighted by molar-refractivity contribution is 7.93. The van der Waals surface area contributed by atoms with Crippen molar-refractivity contribution in [2.24, 2.45) is 5.14 Å². The summed E-state index contributed by atoms with van der Waals surface area (Å²) in [5.74, 6) is -1.26. The molecule has 0 saturated carbocycles. The first-order valence-electron chi connectivity index (χ1n) is 7.65. The molecule has 9 nitrogen and oxygen atoms in total. The maximum atomic E-state index is 13.1. The van der Waals surface area contributed by atoms with Crippen molar-refractivity contribution in [1.29, 1.82) is 0 Å². The van der Waals surface area contributed by atoms with Crippen molar-refractivity contribution in [3.63, 3.8) is 0 Å². The predicted molar refractivity (Wildman–Crippen MR) is 96.0 cm³/mol. The van der Waals surface area contributed by atoms with Gasteiger partial charge in [-0.15, -0.1) is 0 Å². The molecule has 11 heteroatoms. The van der Waals surface area contributed by atoms with E-state index in [0.717, 1.165) is 10.4 Å². The third-order valence-electron chi connectivity index (χ3n) is 4.21. The van der Waals surface area contributed by atoms with E-state index in [1.807, 2.05) is 0 Å². The Hall–Kier alpha value is -2.63. The molecule has 0 unspecified atom stereocenters. The largest absolute Gasteiger partial charge is 0.495 e. The topological polar surface area (TPSA) is 144 Å². The van der Waals surface area contributed by atoms with Crippen molar-refractivity contribution in [3.05, 3.63) is 47.5 Å². The standard InChI is InChI=1S/C16H16N2O7S2/c1-25-14-5-2-11(16(19)20)9-15(14)27(23,24)18-7-6-10-8-12(26(17,21)22)3-4-13(10)18/h2-5,8-9H,6-7H2,1H3,(H,19,20)(H2,17,21,22). The summed E-state index contributed by atoms with van der Waals surface area (Å²) in [6.45, 7) is 0.0756. The van der Waals surface area contributed by atoms with Gasteiger partial charge in [0.15, 0.2) is 0 Å². The molecule has 0 radical (unpaired) electrons. The fraction of sp³-hybridized carbons (Fsp3) is 0.188. The molecule has 0 spiro atoms. The average molecular weight is 412 g/mol. The Balaban J connectivity index is 2.12. The number of hydrogen-bond acceptors (Lipinski definition) is 6. The molecular weight excluding hydrogens is 396 g/mol. The Morgan fingerprint density at radius 2 is 1.85 bits per heavy atom. The third-order valence-corrected chi connectivity index (χ3v) is 6.96. The number of anilines is 1. The number of carboxylic acids is 1. The van der Waals surface area contributed by atoms with Crippen LogP contribution in [0.25, 0.3) is 0 Å². The highest BCUT2D eigenvalue weighted by atomic mass is 32.2. The molecule has 0 amide bonds. The van der Waals surface area contributed by atoms with Gasteiger partial charge in [0.2, 0.25) is 10.0 Å². The van der Waals surface area contributed by atoms with Crippen LogP contribution in [0.5, 0.6) is 5.75 Å². The summed E-state index contributed by atoms with van der Waals surface area (Å²) in [4.78, 5) is 10.8. The van der Waals surface area contributed by atoms with Gasteiger partial charge in [0, 0.05) is 6.54 Å². The van der Waals surface area contributed by atoms with Gasteiger partial charge < -0.3 is 9.84 Å². The quantitative estimate of drug-likeness (QED) is 0.739. The van der Waals surface area contributed by atoms with Crippen molar-refractivity contribution < 1.29 is 31.5 Å². The van der Waals surface area contributed by atoms with Crippen LogP contribution in [0, 0.1) is 0 Å². The van der Waals surface area contributed by atoms with Crippen molar-refractivity contribution in [2.75, 3.05) is 18.0 Å². The average Bonchev–Trinajstić information content (AvgIpc) is 3.04. The SMILES string of the molecule is COc1ccc(C(=O)O)cc1S(=O)(=O)N1CCc2cc(S(N)(=O)=O)ccc21. The molecule has 3 rings (SSSR count). The second-order valence-corrected chi connectivity index (χ2v) is 9.23. The fourth-order valence-corrected chi connectivity index (χ4v) is 5.16. The Bertz CT molecular complexity index is 1140. The van der Waals surface area contributed by atoms with Gasteiger partial charge in [-0.2, -0.15) is 0 Å². The summed E-state index contributed by atoms with van der Waals surface area (Å²) in [7, 11) is -6.76. The summed E-state index contributed by atoms with van der Waals surface area (Å²) < 4.78 is 55.4. The van der Waals surface area contributed by atoms with E-state index < -0.39 is 26.0 Å². The van der Waals surface area contributed by atoms with E-state index in [4.69, 9.17) is 15.0 Å². The molecule has 1 aliphatic rings. The zero-order valence-corrected chi connectivity index (χ0v) is 15.7. The second kappa shape index (κ2) is 6.51. The van der Waals surface area contributed by atoms with Crippen LogP contribution in [0.1, 0.15) is 15.9 Å². The van der Waals surface area contributed by atoms with E-state index in [2.05, 4.69) is 0 Å². The van der Waals surface area contributed by atoms with Gasteiger partial charge in [-0.3, -0.25) is 4.31 Å². The van der Waals surface area contributed by atoms with Crippen molar-refractivity contribution in [1.82, 2.24) is 0 Å². The Labute approximate surface area is 156 Å². The summed E-state index contributed by atoms with van der Waals surface area (Å²) in [5.41, 5.74) is 0.627. The molecular formula is C16H16N2O7S2. The molecule has 1 heterocycles. The van der Waals surface area contributed by atoms with E-state index in [0.29, 0.717) is 17.7 Å². The number of aromatic carboxylic acids is 1. The number of rotatable bonds is 5. The first-order valence-corrected chi connectivity index (χ1v) is 10.6. The number of hydrogen-bond donors (Lipinski definition) is 2. The maximum absolute atomic E-state index is 13.1. The normalized spacial score (nSPS) is 14.1. The van der Waals surface area contributed by atoms with Crippen molar-refractivity contribution >= 4 is 31.7 Å². The third kappa shape index (κ3) is 3.36. The minimum atomic E-state index is -4.13. The van der Waals surface area contributed by atoms with Gasteiger partial charge in [0.05, 0.1) is 23.3 Å². The molecule has 0 fully saturated rings. The molecule has 0 bridgehead atoms. The summed E-state index contributed by atoms with van der Waals surface area (Å²) >= 11 is 0. The molecule has 1 aliphatic heterocycles. The van der Waals surface area contributed by atoms with Crippen LogP contribution in [0.15, 0.2) is 46.2 Å². The number of carbonyl (C=O) groups is 1. The minimum Gasteiger partial charge on any atom is -0.495 e. The lowest BCUT2D eigenvalue weighted by Gasteiger charge is -2.21. The fourth-order valence-electron chi connectivity index (χ4n) is 2.90. The number of nitrogens with zero attached hydrogens (tertiary/aromatic N) is 1. The first kappa shape index (κ1) is 19.1. The van der Waals surface area contributed by atoms with Gasteiger partial charge >= 0.3 is 5.97 Å². The Kier molecular flexibility index (Phi) is 4.62. The number of methoxy groups -OCH3 is 1. The van der Waals surface area contributed by atoms with Crippen molar-refractivity contribution in [2.45, 2.75) is 16.2 Å². The lowest BCUT2D eigenvalue weighted by molar-refractivity contribution is 0.0696.